The van der Waals surface area contributed by atoms with E-state index < -0.39 is 5.15 Å². The van der Waals surface area contributed by atoms with Crippen LogP contribution in [0.4, 0.5) is 10.2 Å². The molecule has 10 heteroatoms. The van der Waals surface area contributed by atoms with Crippen LogP contribution < -0.4 is 4.90 Å². The average Bonchev–Trinajstić information content (AvgIpc) is 3.16. The van der Waals surface area contributed by atoms with Gasteiger partial charge in [0.1, 0.15) is 12.1 Å². The standard InChI is InChI=1S/C19H23FN6OP2/c1-13-2-3-14(10-15(13)19(20,28)29)11-18(27)25-8-6-24(7-9-25)17-5-4-16-22-21-12-26(16)23-17/h2-5,10,12H,6-9,11,28-29H2,1H3. The molecule has 2 atom stereocenters. The van der Waals surface area contributed by atoms with E-state index >= 15 is 0 Å². The first-order valence-corrected chi connectivity index (χ1v) is 10.5. The van der Waals surface area contributed by atoms with Crippen molar-refractivity contribution in [2.45, 2.75) is 18.5 Å². The maximum Gasteiger partial charge on any atom is 0.227 e. The van der Waals surface area contributed by atoms with Gasteiger partial charge in [0, 0.05) is 26.2 Å². The highest BCUT2D eigenvalue weighted by Gasteiger charge is 2.25. The van der Waals surface area contributed by atoms with Crippen molar-refractivity contribution in [2.24, 2.45) is 0 Å². The highest BCUT2D eigenvalue weighted by molar-refractivity contribution is 7.38. The molecule has 0 bridgehead atoms. The van der Waals surface area contributed by atoms with Gasteiger partial charge in [-0.05, 0) is 35.7 Å². The highest BCUT2D eigenvalue weighted by atomic mass is 31.1. The molecule has 2 unspecified atom stereocenters. The maximum absolute atomic E-state index is 14.3. The Labute approximate surface area is 173 Å². The summed E-state index contributed by atoms with van der Waals surface area (Å²) >= 11 is 0. The first-order valence-electron chi connectivity index (χ1n) is 9.38. The molecular formula is C19H23FN6OP2. The lowest BCUT2D eigenvalue weighted by molar-refractivity contribution is -0.130. The van der Waals surface area contributed by atoms with E-state index in [1.165, 1.54) is 0 Å². The molecule has 3 aromatic rings. The number of benzene rings is 1. The first-order chi connectivity index (χ1) is 13.8. The summed E-state index contributed by atoms with van der Waals surface area (Å²) in [5.74, 6) is 0.895. The first kappa shape index (κ1) is 20.1. The summed E-state index contributed by atoms with van der Waals surface area (Å²) in [5, 5.41) is 10.7. The molecule has 0 radical (unpaired) electrons. The van der Waals surface area contributed by atoms with Crippen molar-refractivity contribution in [2.75, 3.05) is 31.1 Å². The van der Waals surface area contributed by atoms with Gasteiger partial charge in [-0.3, -0.25) is 4.79 Å². The van der Waals surface area contributed by atoms with Crippen molar-refractivity contribution >= 4 is 35.9 Å². The Morgan fingerprint density at radius 3 is 2.66 bits per heavy atom. The Morgan fingerprint density at radius 1 is 1.17 bits per heavy atom. The molecule has 29 heavy (non-hydrogen) atoms. The number of amides is 1. The lowest BCUT2D eigenvalue weighted by Crippen LogP contribution is -2.49. The number of hydrogen-bond acceptors (Lipinski definition) is 5. The fourth-order valence-electron chi connectivity index (χ4n) is 3.55. The van der Waals surface area contributed by atoms with E-state index in [2.05, 4.69) is 38.7 Å². The zero-order valence-electron chi connectivity index (χ0n) is 16.1. The normalized spacial score (nSPS) is 15.2. The van der Waals surface area contributed by atoms with Crippen LogP contribution in [0.25, 0.3) is 5.65 Å². The van der Waals surface area contributed by atoms with Crippen molar-refractivity contribution in [1.82, 2.24) is 24.7 Å². The Kier molecular flexibility index (Phi) is 5.50. The summed E-state index contributed by atoms with van der Waals surface area (Å²) in [7, 11) is 4.38. The van der Waals surface area contributed by atoms with Crippen molar-refractivity contribution in [3.8, 4) is 0 Å². The zero-order chi connectivity index (χ0) is 20.6. The van der Waals surface area contributed by atoms with Gasteiger partial charge in [-0.25, -0.2) is 4.39 Å². The van der Waals surface area contributed by atoms with Crippen LogP contribution in [-0.4, -0.2) is 56.8 Å². The SMILES string of the molecule is Cc1ccc(CC(=O)N2CCN(c3ccc4nncn4n3)CC2)cc1C(F)(P)P. The summed E-state index contributed by atoms with van der Waals surface area (Å²) in [6.07, 6.45) is 1.84. The molecule has 2 aromatic heterocycles. The molecule has 1 aromatic carbocycles. The molecule has 1 aliphatic rings. The number of halogens is 1. The van der Waals surface area contributed by atoms with Crippen LogP contribution in [0.15, 0.2) is 36.7 Å². The van der Waals surface area contributed by atoms with E-state index in [-0.39, 0.29) is 12.3 Å². The van der Waals surface area contributed by atoms with Gasteiger partial charge < -0.3 is 9.80 Å². The number of piperazine rings is 1. The average molecular weight is 432 g/mol. The van der Waals surface area contributed by atoms with Crippen LogP contribution in [0.2, 0.25) is 0 Å². The third-order valence-electron chi connectivity index (χ3n) is 5.17. The summed E-state index contributed by atoms with van der Waals surface area (Å²) < 4.78 is 16.0. The Hall–Kier alpha value is -2.17. The number of carbonyl (C=O) groups excluding carboxylic acids is 1. The molecule has 0 saturated carbocycles. The lowest BCUT2D eigenvalue weighted by Gasteiger charge is -2.35. The van der Waals surface area contributed by atoms with Gasteiger partial charge >= 0.3 is 0 Å². The second-order valence-corrected chi connectivity index (χ2v) is 9.63. The van der Waals surface area contributed by atoms with E-state index in [1.54, 1.807) is 16.9 Å². The fraction of sp³-hybridized carbons (Fsp3) is 0.368. The van der Waals surface area contributed by atoms with E-state index in [4.69, 9.17) is 0 Å². The lowest BCUT2D eigenvalue weighted by atomic mass is 10.0. The number of nitrogens with zero attached hydrogens (tertiary/aromatic N) is 6. The van der Waals surface area contributed by atoms with E-state index in [0.29, 0.717) is 37.4 Å². The minimum absolute atomic E-state index is 0.0543. The van der Waals surface area contributed by atoms with Gasteiger partial charge in [0.2, 0.25) is 5.91 Å². The largest absolute Gasteiger partial charge is 0.352 e. The molecule has 0 aliphatic carbocycles. The zero-order valence-corrected chi connectivity index (χ0v) is 18.4. The number of aromatic nitrogens is 4. The molecule has 4 rings (SSSR count). The predicted molar refractivity (Wildman–Crippen MR) is 117 cm³/mol. The van der Waals surface area contributed by atoms with E-state index in [9.17, 15) is 9.18 Å². The van der Waals surface area contributed by atoms with Crippen LogP contribution in [0.3, 0.4) is 0 Å². The number of alkyl halides is 1. The molecule has 0 spiro atoms. The third kappa shape index (κ3) is 4.39. The monoisotopic (exact) mass is 432 g/mol. The molecule has 3 heterocycles. The summed E-state index contributed by atoms with van der Waals surface area (Å²) in [6.45, 7) is 4.53. The van der Waals surface area contributed by atoms with Crippen LogP contribution >= 0.6 is 18.5 Å². The third-order valence-corrected chi connectivity index (χ3v) is 5.80. The van der Waals surface area contributed by atoms with Gasteiger partial charge in [0.05, 0.1) is 6.42 Å². The molecule has 1 fully saturated rings. The number of hydrogen-bond donors (Lipinski definition) is 0. The Morgan fingerprint density at radius 2 is 1.93 bits per heavy atom. The van der Waals surface area contributed by atoms with Crippen LogP contribution in [0.1, 0.15) is 16.7 Å². The number of anilines is 1. The molecule has 1 saturated heterocycles. The number of carbonyl (C=O) groups is 1. The second kappa shape index (κ2) is 7.92. The molecule has 7 nitrogen and oxygen atoms in total. The summed E-state index contributed by atoms with van der Waals surface area (Å²) in [4.78, 5) is 16.8. The van der Waals surface area contributed by atoms with Crippen LogP contribution in [0.5, 0.6) is 0 Å². The summed E-state index contributed by atoms with van der Waals surface area (Å²) in [5.41, 5.74) is 2.95. The molecular weight excluding hydrogens is 409 g/mol. The van der Waals surface area contributed by atoms with E-state index in [0.717, 1.165) is 16.9 Å². The minimum Gasteiger partial charge on any atom is -0.352 e. The molecule has 0 N–H and O–H groups in total. The van der Waals surface area contributed by atoms with E-state index in [1.807, 2.05) is 36.1 Å². The van der Waals surface area contributed by atoms with Crippen molar-refractivity contribution in [3.63, 3.8) is 0 Å². The van der Waals surface area contributed by atoms with Gasteiger partial charge in [-0.1, -0.05) is 36.7 Å². The molecule has 1 aliphatic heterocycles. The predicted octanol–water partition coefficient (Wildman–Crippen LogP) is 2.15. The van der Waals surface area contributed by atoms with Gasteiger partial charge in [-0.2, -0.15) is 4.52 Å². The van der Waals surface area contributed by atoms with Crippen molar-refractivity contribution in [3.05, 3.63) is 53.3 Å². The number of fused-ring (bicyclic) bond motifs is 1. The number of aryl methyl sites for hydroxylation is 1. The maximum atomic E-state index is 14.3. The van der Waals surface area contributed by atoms with Crippen molar-refractivity contribution < 1.29 is 9.18 Å². The summed E-state index contributed by atoms with van der Waals surface area (Å²) in [6, 6.07) is 9.34. The van der Waals surface area contributed by atoms with Crippen LogP contribution in [0, 0.1) is 6.92 Å². The Bertz CT molecular complexity index is 1040. The number of rotatable bonds is 4. The fourth-order valence-corrected chi connectivity index (χ4v) is 4.17. The molecule has 152 valence electrons. The van der Waals surface area contributed by atoms with Gasteiger partial charge in [0.25, 0.3) is 0 Å². The smallest absolute Gasteiger partial charge is 0.227 e. The van der Waals surface area contributed by atoms with Gasteiger partial charge in [-0.15, -0.1) is 15.3 Å². The molecule has 1 amide bonds. The van der Waals surface area contributed by atoms with Gasteiger partial charge in [0.15, 0.2) is 10.8 Å². The van der Waals surface area contributed by atoms with Crippen molar-refractivity contribution in [1.29, 1.82) is 0 Å². The highest BCUT2D eigenvalue weighted by Crippen LogP contribution is 2.41. The van der Waals surface area contributed by atoms with Crippen LogP contribution in [-0.2, 0) is 16.4 Å². The Balaban J connectivity index is 1.39. The second-order valence-electron chi connectivity index (χ2n) is 7.29. The quantitative estimate of drug-likeness (QED) is 0.592. The minimum atomic E-state index is -1.59. The topological polar surface area (TPSA) is 66.6 Å².